The number of aryl methyl sites for hydroxylation is 1. The van der Waals surface area contributed by atoms with Crippen LogP contribution in [0.2, 0.25) is 0 Å². The first-order chi connectivity index (χ1) is 8.61. The summed E-state index contributed by atoms with van der Waals surface area (Å²) >= 11 is 1.54. The SMILES string of the molecule is COC(=O)C(C)CSc1nccn2nc(C)cc12. The molecule has 2 heterocycles. The number of rotatable bonds is 4. The zero-order valence-electron chi connectivity index (χ0n) is 10.6. The number of ether oxygens (including phenoxy) is 1. The van der Waals surface area contributed by atoms with Crippen LogP contribution in [0, 0.1) is 12.8 Å². The van der Waals surface area contributed by atoms with E-state index in [1.54, 1.807) is 22.5 Å². The summed E-state index contributed by atoms with van der Waals surface area (Å²) in [6, 6.07) is 1.98. The molecule has 0 spiro atoms. The van der Waals surface area contributed by atoms with Gasteiger partial charge < -0.3 is 4.74 Å². The van der Waals surface area contributed by atoms with E-state index in [1.165, 1.54) is 7.11 Å². The number of nitrogens with zero attached hydrogens (tertiary/aromatic N) is 3. The molecule has 0 saturated carbocycles. The average molecular weight is 265 g/mol. The standard InChI is InChI=1S/C12H15N3O2S/c1-8(12(16)17-3)7-18-11-10-6-9(2)14-15(10)5-4-13-11/h4-6,8H,7H2,1-3H3. The molecule has 0 aliphatic rings. The molecule has 0 N–H and O–H groups in total. The monoisotopic (exact) mass is 265 g/mol. The Hall–Kier alpha value is -1.56. The molecule has 0 bridgehead atoms. The number of carbonyl (C=O) groups excluding carboxylic acids is 1. The highest BCUT2D eigenvalue weighted by Gasteiger charge is 2.15. The van der Waals surface area contributed by atoms with Gasteiger partial charge in [-0.3, -0.25) is 4.79 Å². The lowest BCUT2D eigenvalue weighted by Crippen LogP contribution is -2.14. The largest absolute Gasteiger partial charge is 0.469 e. The molecule has 0 fully saturated rings. The molecule has 0 aliphatic heterocycles. The van der Waals surface area contributed by atoms with Crippen molar-refractivity contribution in [3.05, 3.63) is 24.2 Å². The zero-order chi connectivity index (χ0) is 13.1. The topological polar surface area (TPSA) is 56.5 Å². The van der Waals surface area contributed by atoms with E-state index in [0.717, 1.165) is 16.2 Å². The number of hydrogen-bond acceptors (Lipinski definition) is 5. The molecule has 2 aromatic rings. The number of methoxy groups -OCH3 is 1. The summed E-state index contributed by atoms with van der Waals surface area (Å²) in [5.41, 5.74) is 1.92. The summed E-state index contributed by atoms with van der Waals surface area (Å²) in [5, 5.41) is 5.21. The smallest absolute Gasteiger partial charge is 0.309 e. The minimum Gasteiger partial charge on any atom is -0.469 e. The molecule has 0 amide bonds. The fraction of sp³-hybridized carbons (Fsp3) is 0.417. The predicted octanol–water partition coefficient (Wildman–Crippen LogP) is 1.94. The maximum absolute atomic E-state index is 11.3. The fourth-order valence-corrected chi connectivity index (χ4v) is 2.58. The van der Waals surface area contributed by atoms with Crippen molar-refractivity contribution in [1.29, 1.82) is 0 Å². The van der Waals surface area contributed by atoms with Gasteiger partial charge in [-0.2, -0.15) is 5.10 Å². The number of hydrogen-bond donors (Lipinski definition) is 0. The molecule has 2 aromatic heterocycles. The Morgan fingerprint density at radius 2 is 2.39 bits per heavy atom. The summed E-state index contributed by atoms with van der Waals surface area (Å²) in [6.07, 6.45) is 3.53. The Morgan fingerprint density at radius 3 is 3.11 bits per heavy atom. The van der Waals surface area contributed by atoms with Gasteiger partial charge in [-0.05, 0) is 13.0 Å². The van der Waals surface area contributed by atoms with Crippen LogP contribution in [0.5, 0.6) is 0 Å². The maximum Gasteiger partial charge on any atom is 0.309 e. The van der Waals surface area contributed by atoms with Crippen LogP contribution >= 0.6 is 11.8 Å². The van der Waals surface area contributed by atoms with Crippen LogP contribution in [0.25, 0.3) is 5.52 Å². The van der Waals surface area contributed by atoms with Gasteiger partial charge in [0.25, 0.3) is 0 Å². The molecule has 1 atom stereocenters. The van der Waals surface area contributed by atoms with Gasteiger partial charge in [-0.15, -0.1) is 11.8 Å². The van der Waals surface area contributed by atoms with Crippen molar-refractivity contribution >= 4 is 23.2 Å². The number of fused-ring (bicyclic) bond motifs is 1. The second-order valence-corrected chi connectivity index (χ2v) is 5.09. The lowest BCUT2D eigenvalue weighted by molar-refractivity contribution is -0.143. The minimum absolute atomic E-state index is 0.147. The molecular weight excluding hydrogens is 250 g/mol. The van der Waals surface area contributed by atoms with Crippen LogP contribution in [-0.2, 0) is 9.53 Å². The number of esters is 1. The van der Waals surface area contributed by atoms with Gasteiger partial charge in [0, 0.05) is 18.1 Å². The third kappa shape index (κ3) is 2.64. The highest BCUT2D eigenvalue weighted by molar-refractivity contribution is 7.99. The molecular formula is C12H15N3O2S. The molecule has 0 aromatic carbocycles. The second kappa shape index (κ2) is 5.39. The van der Waals surface area contributed by atoms with Crippen molar-refractivity contribution in [2.45, 2.75) is 18.9 Å². The van der Waals surface area contributed by atoms with Crippen molar-refractivity contribution in [1.82, 2.24) is 14.6 Å². The third-order valence-corrected chi connectivity index (χ3v) is 3.80. The highest BCUT2D eigenvalue weighted by Crippen LogP contribution is 2.23. The molecule has 5 nitrogen and oxygen atoms in total. The van der Waals surface area contributed by atoms with Crippen LogP contribution in [0.1, 0.15) is 12.6 Å². The van der Waals surface area contributed by atoms with Crippen LogP contribution in [0.4, 0.5) is 0 Å². The van der Waals surface area contributed by atoms with Gasteiger partial charge >= 0.3 is 5.97 Å². The van der Waals surface area contributed by atoms with Crippen LogP contribution in [0.15, 0.2) is 23.5 Å². The molecule has 1 unspecified atom stereocenters. The van der Waals surface area contributed by atoms with E-state index < -0.39 is 0 Å². The van der Waals surface area contributed by atoms with E-state index in [-0.39, 0.29) is 11.9 Å². The van der Waals surface area contributed by atoms with Crippen molar-refractivity contribution < 1.29 is 9.53 Å². The molecule has 18 heavy (non-hydrogen) atoms. The Kier molecular flexibility index (Phi) is 3.86. The first-order valence-corrected chi connectivity index (χ1v) is 6.62. The summed E-state index contributed by atoms with van der Waals surface area (Å²) in [4.78, 5) is 15.7. The maximum atomic E-state index is 11.3. The fourth-order valence-electron chi connectivity index (χ4n) is 1.60. The van der Waals surface area contributed by atoms with E-state index in [0.29, 0.717) is 5.75 Å². The summed E-state index contributed by atoms with van der Waals surface area (Å²) in [7, 11) is 1.41. The Balaban J connectivity index is 2.14. The molecule has 6 heteroatoms. The first-order valence-electron chi connectivity index (χ1n) is 5.63. The third-order valence-electron chi connectivity index (χ3n) is 2.55. The highest BCUT2D eigenvalue weighted by atomic mass is 32.2. The van der Waals surface area contributed by atoms with E-state index in [9.17, 15) is 4.79 Å². The Bertz CT molecular complexity index is 567. The van der Waals surface area contributed by atoms with Crippen molar-refractivity contribution in [3.63, 3.8) is 0 Å². The Labute approximate surface area is 110 Å². The van der Waals surface area contributed by atoms with Crippen molar-refractivity contribution in [2.75, 3.05) is 12.9 Å². The Morgan fingerprint density at radius 1 is 1.61 bits per heavy atom. The van der Waals surface area contributed by atoms with E-state index in [2.05, 4.69) is 10.1 Å². The normalized spacial score (nSPS) is 12.6. The van der Waals surface area contributed by atoms with Crippen LogP contribution in [0.3, 0.4) is 0 Å². The van der Waals surface area contributed by atoms with Crippen molar-refractivity contribution in [3.8, 4) is 0 Å². The summed E-state index contributed by atoms with van der Waals surface area (Å²) < 4.78 is 6.50. The molecule has 0 saturated heterocycles. The molecule has 2 rings (SSSR count). The first kappa shape index (κ1) is 12.9. The lowest BCUT2D eigenvalue weighted by atomic mass is 10.2. The zero-order valence-corrected chi connectivity index (χ0v) is 11.4. The minimum atomic E-state index is -0.195. The van der Waals surface area contributed by atoms with Crippen LogP contribution < -0.4 is 0 Å². The van der Waals surface area contributed by atoms with E-state index in [1.807, 2.05) is 26.1 Å². The number of aromatic nitrogens is 3. The predicted molar refractivity (Wildman–Crippen MR) is 69.6 cm³/mol. The van der Waals surface area contributed by atoms with E-state index in [4.69, 9.17) is 4.74 Å². The van der Waals surface area contributed by atoms with Gasteiger partial charge in [0.2, 0.25) is 0 Å². The van der Waals surface area contributed by atoms with Crippen LogP contribution in [-0.4, -0.2) is 33.4 Å². The van der Waals surface area contributed by atoms with Gasteiger partial charge in [-0.1, -0.05) is 6.92 Å². The number of thioether (sulfide) groups is 1. The quantitative estimate of drug-likeness (QED) is 0.624. The molecule has 0 radical (unpaired) electrons. The van der Waals surface area contributed by atoms with Crippen molar-refractivity contribution in [2.24, 2.45) is 5.92 Å². The van der Waals surface area contributed by atoms with Gasteiger partial charge in [0.1, 0.15) is 5.03 Å². The average Bonchev–Trinajstić information content (AvgIpc) is 2.75. The number of carbonyl (C=O) groups is 1. The summed E-state index contributed by atoms with van der Waals surface area (Å²) in [5.74, 6) is 0.300. The lowest BCUT2D eigenvalue weighted by Gasteiger charge is -2.08. The molecule has 96 valence electrons. The molecule has 0 aliphatic carbocycles. The van der Waals surface area contributed by atoms with Gasteiger partial charge in [0.15, 0.2) is 0 Å². The van der Waals surface area contributed by atoms with Gasteiger partial charge in [-0.25, -0.2) is 9.50 Å². The summed E-state index contributed by atoms with van der Waals surface area (Å²) in [6.45, 7) is 3.79. The van der Waals surface area contributed by atoms with E-state index >= 15 is 0 Å². The second-order valence-electron chi connectivity index (χ2n) is 4.08. The van der Waals surface area contributed by atoms with Gasteiger partial charge in [0.05, 0.1) is 24.2 Å².